The summed E-state index contributed by atoms with van der Waals surface area (Å²) in [7, 11) is -3.66. The number of aromatic nitrogens is 2. The Kier molecular flexibility index (Phi) is 9.21. The van der Waals surface area contributed by atoms with Gasteiger partial charge in [-0.25, -0.2) is 0 Å². The third-order valence-electron chi connectivity index (χ3n) is 16.4. The monoisotopic (exact) mass is 1090 g/mol. The molecular weight excluding hydrogens is 1030 g/mol. The SMILES string of the molecule is [2H]c1c([2H])c([2H])c(-c2cc([Si](c3ccccc3)(c3ccccc3)c3ccccc3)cc(-c3c([2H])c([2H])c([2H])c([2H])c3[2H])c2-n2c3ccccc3c3cc(-n4c5ccccc5c5cccc(-c6ccccc6-c6cccc7c6sc6ccccc67)c54)ccc32)c([2H])c1[2H]. The zero-order valence-electron chi connectivity index (χ0n) is 54.1. The Morgan fingerprint density at radius 2 is 0.756 bits per heavy atom. The summed E-state index contributed by atoms with van der Waals surface area (Å²) >= 11 is 1.81. The smallest absolute Gasteiger partial charge is 0.179 e. The minimum atomic E-state index is -3.66. The van der Waals surface area contributed by atoms with Crippen LogP contribution in [0.2, 0.25) is 0 Å². The molecule has 0 bridgehead atoms. The minimum Gasteiger partial charge on any atom is -0.309 e. The molecule has 0 aliphatic heterocycles. The van der Waals surface area contributed by atoms with Crippen molar-refractivity contribution in [1.82, 2.24) is 9.13 Å². The van der Waals surface area contributed by atoms with Crippen LogP contribution in [-0.4, -0.2) is 17.2 Å². The molecule has 0 N–H and O–H groups in total. The third-order valence-corrected chi connectivity index (χ3v) is 22.4. The first-order valence-corrected chi connectivity index (χ1v) is 30.2. The number of benzene rings is 13. The van der Waals surface area contributed by atoms with E-state index in [4.69, 9.17) is 2.74 Å². The van der Waals surface area contributed by atoms with Crippen molar-refractivity contribution in [2.45, 2.75) is 0 Å². The second-order valence-corrected chi connectivity index (χ2v) is 25.6. The lowest BCUT2D eigenvalue weighted by atomic mass is 9.92. The fourth-order valence-electron chi connectivity index (χ4n) is 13.1. The van der Waals surface area contributed by atoms with E-state index in [1.54, 1.807) is 0 Å². The second kappa shape index (κ2) is 19.6. The van der Waals surface area contributed by atoms with Crippen molar-refractivity contribution in [3.8, 4) is 55.9 Å². The molecule has 2 nitrogen and oxygen atoms in total. The summed E-state index contributed by atoms with van der Waals surface area (Å²) in [6.07, 6.45) is 0. The largest absolute Gasteiger partial charge is 0.309 e. The average molecular weight is 1090 g/mol. The summed E-state index contributed by atoms with van der Waals surface area (Å²) in [5, 5.41) is 9.77. The van der Waals surface area contributed by atoms with Gasteiger partial charge in [-0.1, -0.05) is 279 Å². The molecule has 0 saturated heterocycles. The van der Waals surface area contributed by atoms with Crippen LogP contribution in [0.4, 0.5) is 0 Å². The number of rotatable bonds is 10. The highest BCUT2D eigenvalue weighted by Crippen LogP contribution is 2.47. The van der Waals surface area contributed by atoms with E-state index in [0.29, 0.717) is 16.2 Å². The summed E-state index contributed by atoms with van der Waals surface area (Å²) in [5.74, 6) is 0. The molecule has 0 aliphatic rings. The molecule has 3 aromatic heterocycles. The molecule has 0 fully saturated rings. The number of thiophene rings is 1. The van der Waals surface area contributed by atoms with Gasteiger partial charge in [-0.3, -0.25) is 0 Å². The zero-order chi connectivity index (χ0) is 62.8. The van der Waals surface area contributed by atoms with Gasteiger partial charge in [0.15, 0.2) is 8.07 Å². The van der Waals surface area contributed by atoms with Gasteiger partial charge in [-0.05, 0) is 79.4 Å². The van der Waals surface area contributed by atoms with Gasteiger partial charge in [0.05, 0.1) is 41.5 Å². The molecule has 0 saturated carbocycles. The van der Waals surface area contributed by atoms with Gasteiger partial charge in [0.2, 0.25) is 0 Å². The molecule has 0 radical (unpaired) electrons. The number of hydrogen-bond acceptors (Lipinski definition) is 1. The fourth-order valence-corrected chi connectivity index (χ4v) is 19.1. The molecule has 16 rings (SSSR count). The van der Waals surface area contributed by atoms with Crippen molar-refractivity contribution in [2.75, 3.05) is 0 Å². The van der Waals surface area contributed by atoms with Crippen molar-refractivity contribution in [3.63, 3.8) is 0 Å². The standard InChI is InChI=1S/C78H52N2SSi/c1-6-26-53(27-7-1)69-51-59(82(56-30-10-3-11-31-56,57-32-12-4-13-33-57)58-34-14-5-15-35-58)52-70(54-28-8-2-9-29-54)77(69)80-73-46-22-19-39-63(73)71-50-55(48-49-74(71)80)79-72-45-21-18-38-62(72)66-42-24-41-65(76(66)79)60-36-16-17-37-61(60)67-43-25-44-68-64-40-20-23-47-75(64)81-78(67)68/h1-52H/i1D,2D,6D,7D,8D,9D,26D,27D,28D,29D. The van der Waals surface area contributed by atoms with E-state index >= 15 is 0 Å². The summed E-state index contributed by atoms with van der Waals surface area (Å²) in [5.41, 5.74) is 9.05. The molecule has 16 aromatic rings. The molecular formula is C78H52N2SSi. The summed E-state index contributed by atoms with van der Waals surface area (Å²) in [4.78, 5) is 0. The molecule has 4 heteroatoms. The van der Waals surface area contributed by atoms with Crippen molar-refractivity contribution >= 4 is 104 Å². The van der Waals surface area contributed by atoms with Gasteiger partial charge in [0.1, 0.15) is 0 Å². The van der Waals surface area contributed by atoms with Crippen LogP contribution in [0.3, 0.4) is 0 Å². The van der Waals surface area contributed by atoms with Gasteiger partial charge in [-0.2, -0.15) is 0 Å². The van der Waals surface area contributed by atoms with Crippen LogP contribution < -0.4 is 20.7 Å². The van der Waals surface area contributed by atoms with Crippen molar-refractivity contribution in [3.05, 3.63) is 315 Å². The summed E-state index contributed by atoms with van der Waals surface area (Å²) in [6.45, 7) is 0. The highest BCUT2D eigenvalue weighted by atomic mass is 32.1. The predicted octanol–water partition coefficient (Wildman–Crippen LogP) is 18.3. The number of hydrogen-bond donors (Lipinski definition) is 0. The zero-order valence-corrected chi connectivity index (χ0v) is 45.9. The van der Waals surface area contributed by atoms with E-state index in [-0.39, 0.29) is 27.9 Å². The molecule has 384 valence electrons. The van der Waals surface area contributed by atoms with Crippen LogP contribution in [-0.2, 0) is 0 Å². The Balaban J connectivity index is 1.04. The van der Waals surface area contributed by atoms with Crippen molar-refractivity contribution in [2.24, 2.45) is 0 Å². The first-order chi connectivity index (χ1) is 44.9. The first kappa shape index (κ1) is 38.5. The van der Waals surface area contributed by atoms with Crippen LogP contribution in [0.15, 0.2) is 315 Å². The van der Waals surface area contributed by atoms with Crippen molar-refractivity contribution in [1.29, 1.82) is 0 Å². The van der Waals surface area contributed by atoms with E-state index in [1.807, 2.05) is 113 Å². The van der Waals surface area contributed by atoms with Crippen molar-refractivity contribution < 1.29 is 13.7 Å². The van der Waals surface area contributed by atoms with Crippen LogP contribution >= 0.6 is 11.3 Å². The first-order valence-electron chi connectivity index (χ1n) is 32.4. The molecule has 82 heavy (non-hydrogen) atoms. The molecule has 0 amide bonds. The molecule has 0 unspecified atom stereocenters. The second-order valence-electron chi connectivity index (χ2n) is 20.7. The molecule has 13 aromatic carbocycles. The Morgan fingerprint density at radius 1 is 0.305 bits per heavy atom. The topological polar surface area (TPSA) is 9.86 Å². The van der Waals surface area contributed by atoms with E-state index in [2.05, 4.69) is 162 Å². The predicted molar refractivity (Wildman–Crippen MR) is 353 cm³/mol. The quantitative estimate of drug-likeness (QED) is 0.0954. The lowest BCUT2D eigenvalue weighted by Gasteiger charge is -2.36. The van der Waals surface area contributed by atoms with Gasteiger partial charge in [0, 0.05) is 69.7 Å². The van der Waals surface area contributed by atoms with Gasteiger partial charge >= 0.3 is 0 Å². The molecule has 0 atom stereocenters. The van der Waals surface area contributed by atoms with Gasteiger partial charge < -0.3 is 9.13 Å². The molecule has 0 spiro atoms. The van der Waals surface area contributed by atoms with E-state index < -0.39 is 68.5 Å². The lowest BCUT2D eigenvalue weighted by Crippen LogP contribution is -2.74. The lowest BCUT2D eigenvalue weighted by molar-refractivity contribution is 1.17. The van der Waals surface area contributed by atoms with E-state index in [0.717, 1.165) is 76.1 Å². The Morgan fingerprint density at radius 3 is 1.37 bits per heavy atom. The van der Waals surface area contributed by atoms with Crippen LogP contribution in [0.5, 0.6) is 0 Å². The maximum absolute atomic E-state index is 9.90. The highest BCUT2D eigenvalue weighted by Gasteiger charge is 2.42. The minimum absolute atomic E-state index is 0.109. The average Bonchev–Trinajstić information content (AvgIpc) is 1.15. The normalized spacial score (nSPS) is 13.6. The Bertz CT molecular complexity index is 5480. The number of para-hydroxylation sites is 3. The summed E-state index contributed by atoms with van der Waals surface area (Å²) < 4.78 is 101. The molecule has 0 aliphatic carbocycles. The van der Waals surface area contributed by atoms with E-state index in [1.165, 1.54) is 20.2 Å². The van der Waals surface area contributed by atoms with Gasteiger partial charge in [-0.15, -0.1) is 11.3 Å². The van der Waals surface area contributed by atoms with Gasteiger partial charge in [0.25, 0.3) is 0 Å². The van der Waals surface area contributed by atoms with E-state index in [9.17, 15) is 11.0 Å². The number of fused-ring (bicyclic) bond motifs is 9. The maximum Gasteiger partial charge on any atom is 0.179 e. The summed E-state index contributed by atoms with van der Waals surface area (Å²) in [6, 6.07) is 82.2. The van der Waals surface area contributed by atoms with Crippen LogP contribution in [0.25, 0.3) is 120 Å². The maximum atomic E-state index is 9.90. The molecule has 3 heterocycles. The number of nitrogens with zero attached hydrogens (tertiary/aromatic N) is 2. The van der Waals surface area contributed by atoms with Crippen LogP contribution in [0, 0.1) is 0 Å². The third kappa shape index (κ3) is 7.46. The Hall–Kier alpha value is -10.1. The fraction of sp³-hybridized carbons (Fsp3) is 0. The van der Waals surface area contributed by atoms with Crippen LogP contribution in [0.1, 0.15) is 13.7 Å². The Labute approximate surface area is 495 Å². The highest BCUT2D eigenvalue weighted by molar-refractivity contribution is 7.26.